The lowest BCUT2D eigenvalue weighted by Crippen LogP contribution is -2.32. The second kappa shape index (κ2) is 11.0. The Morgan fingerprint density at radius 2 is 1.65 bits per heavy atom. The molecular weight excluding hydrogens is 489 g/mol. The van der Waals surface area contributed by atoms with Gasteiger partial charge in [0.25, 0.3) is 0 Å². The van der Waals surface area contributed by atoms with Crippen LogP contribution in [0.15, 0.2) is 78.0 Å². The summed E-state index contributed by atoms with van der Waals surface area (Å²) in [5, 5.41) is 15.9. The first-order valence-electron chi connectivity index (χ1n) is 10.6. The molecule has 34 heavy (non-hydrogen) atoms. The van der Waals surface area contributed by atoms with Crippen LogP contribution in [0.5, 0.6) is 0 Å². The number of aryl methyl sites for hydroxylation is 1. The molecular formula is C25H23Cl2N5OS. The molecule has 0 saturated heterocycles. The topological polar surface area (TPSA) is 71.8 Å². The van der Waals surface area contributed by atoms with Gasteiger partial charge >= 0.3 is 6.03 Å². The van der Waals surface area contributed by atoms with Crippen molar-refractivity contribution in [3.8, 4) is 5.69 Å². The van der Waals surface area contributed by atoms with Crippen LogP contribution in [-0.2, 0) is 5.75 Å². The lowest BCUT2D eigenvalue weighted by molar-refractivity contribution is 0.249. The Kier molecular flexibility index (Phi) is 7.77. The standard InChI is InChI=1S/C25H23Cl2N5OS/c1-16-11-13-19(14-12-16)32-23(30-31-25(32)34-15-18-7-4-3-5-8-18)17(2)28-24(33)29-22-20(26)9-6-10-21(22)27/h3-14,17H,15H2,1-2H3,(H2,28,29,33). The Morgan fingerprint density at radius 3 is 2.32 bits per heavy atom. The Bertz CT molecular complexity index is 1260. The predicted molar refractivity (Wildman–Crippen MR) is 139 cm³/mol. The van der Waals surface area contributed by atoms with E-state index in [-0.39, 0.29) is 0 Å². The van der Waals surface area contributed by atoms with Gasteiger partial charge in [-0.05, 0) is 43.7 Å². The Morgan fingerprint density at radius 1 is 0.971 bits per heavy atom. The highest BCUT2D eigenvalue weighted by Gasteiger charge is 2.22. The van der Waals surface area contributed by atoms with Crippen molar-refractivity contribution in [2.45, 2.75) is 30.8 Å². The number of para-hydroxylation sites is 1. The number of anilines is 1. The molecule has 6 nitrogen and oxygen atoms in total. The van der Waals surface area contributed by atoms with Crippen molar-refractivity contribution in [1.29, 1.82) is 0 Å². The third kappa shape index (κ3) is 5.73. The number of nitrogens with zero attached hydrogens (tertiary/aromatic N) is 3. The number of aromatic nitrogens is 3. The number of hydrogen-bond donors (Lipinski definition) is 2. The minimum absolute atomic E-state index is 0.356. The third-order valence-corrected chi connectivity index (χ3v) is 6.73. The number of amides is 2. The number of hydrogen-bond acceptors (Lipinski definition) is 4. The smallest absolute Gasteiger partial charge is 0.319 e. The lowest BCUT2D eigenvalue weighted by atomic mass is 10.2. The van der Waals surface area contributed by atoms with Crippen LogP contribution in [0.2, 0.25) is 10.0 Å². The van der Waals surface area contributed by atoms with E-state index in [9.17, 15) is 4.79 Å². The summed E-state index contributed by atoms with van der Waals surface area (Å²) in [6, 6.07) is 22.5. The highest BCUT2D eigenvalue weighted by molar-refractivity contribution is 7.98. The molecule has 1 atom stereocenters. The molecule has 4 aromatic rings. The number of carbonyl (C=O) groups excluding carboxylic acids is 1. The van der Waals surface area contributed by atoms with Crippen molar-refractivity contribution < 1.29 is 4.79 Å². The number of nitrogens with one attached hydrogen (secondary N) is 2. The van der Waals surface area contributed by atoms with E-state index in [0.717, 1.165) is 22.2 Å². The number of halogens is 2. The van der Waals surface area contributed by atoms with E-state index < -0.39 is 12.1 Å². The number of rotatable bonds is 7. The van der Waals surface area contributed by atoms with Gasteiger partial charge < -0.3 is 10.6 Å². The molecule has 174 valence electrons. The van der Waals surface area contributed by atoms with Crippen molar-refractivity contribution in [1.82, 2.24) is 20.1 Å². The molecule has 0 spiro atoms. The number of thioether (sulfide) groups is 1. The fraction of sp³-hybridized carbons (Fsp3) is 0.160. The fourth-order valence-electron chi connectivity index (χ4n) is 3.34. The van der Waals surface area contributed by atoms with Crippen molar-refractivity contribution in [3.63, 3.8) is 0 Å². The van der Waals surface area contributed by atoms with Gasteiger partial charge in [-0.3, -0.25) is 4.57 Å². The summed E-state index contributed by atoms with van der Waals surface area (Å²) >= 11 is 13.9. The second-order valence-corrected chi connectivity index (χ2v) is 9.46. The highest BCUT2D eigenvalue weighted by atomic mass is 35.5. The largest absolute Gasteiger partial charge is 0.328 e. The zero-order valence-electron chi connectivity index (χ0n) is 18.6. The first-order chi connectivity index (χ1) is 16.4. The maximum atomic E-state index is 12.7. The van der Waals surface area contributed by atoms with E-state index in [4.69, 9.17) is 23.2 Å². The van der Waals surface area contributed by atoms with Gasteiger partial charge in [0.05, 0.1) is 21.8 Å². The van der Waals surface area contributed by atoms with Gasteiger partial charge in [-0.2, -0.15) is 0 Å². The van der Waals surface area contributed by atoms with Gasteiger partial charge in [0.15, 0.2) is 11.0 Å². The molecule has 0 saturated carbocycles. The highest BCUT2D eigenvalue weighted by Crippen LogP contribution is 2.30. The monoisotopic (exact) mass is 511 g/mol. The summed E-state index contributed by atoms with van der Waals surface area (Å²) in [5.74, 6) is 1.36. The molecule has 3 aromatic carbocycles. The minimum atomic E-state index is -0.445. The maximum Gasteiger partial charge on any atom is 0.319 e. The fourth-order valence-corrected chi connectivity index (χ4v) is 4.75. The molecule has 1 heterocycles. The van der Waals surface area contributed by atoms with Crippen molar-refractivity contribution in [2.24, 2.45) is 0 Å². The minimum Gasteiger partial charge on any atom is -0.328 e. The van der Waals surface area contributed by atoms with Crippen LogP contribution >= 0.6 is 35.0 Å². The van der Waals surface area contributed by atoms with Crippen LogP contribution in [0.3, 0.4) is 0 Å². The Hall–Kier alpha value is -3.00. The molecule has 1 unspecified atom stereocenters. The third-order valence-electron chi connectivity index (χ3n) is 5.10. The molecule has 2 N–H and O–H groups in total. The van der Waals surface area contributed by atoms with E-state index in [0.29, 0.717) is 21.6 Å². The molecule has 0 aliphatic heterocycles. The normalized spacial score (nSPS) is 11.8. The Balaban J connectivity index is 1.58. The molecule has 0 bridgehead atoms. The van der Waals surface area contributed by atoms with Crippen LogP contribution in [0.4, 0.5) is 10.5 Å². The first-order valence-corrected chi connectivity index (χ1v) is 12.4. The maximum absolute atomic E-state index is 12.7. The van der Waals surface area contributed by atoms with E-state index in [2.05, 4.69) is 33.0 Å². The number of urea groups is 1. The van der Waals surface area contributed by atoms with E-state index in [1.807, 2.05) is 60.9 Å². The second-order valence-electron chi connectivity index (χ2n) is 7.70. The van der Waals surface area contributed by atoms with Gasteiger partial charge in [0.2, 0.25) is 0 Å². The molecule has 0 aliphatic rings. The zero-order chi connectivity index (χ0) is 24.1. The SMILES string of the molecule is Cc1ccc(-n2c(SCc3ccccc3)nnc2C(C)NC(=O)Nc2c(Cl)cccc2Cl)cc1. The first kappa shape index (κ1) is 24.1. The average molecular weight is 512 g/mol. The van der Waals surface area contributed by atoms with E-state index >= 15 is 0 Å². The van der Waals surface area contributed by atoms with Crippen LogP contribution < -0.4 is 10.6 Å². The van der Waals surface area contributed by atoms with Crippen molar-refractivity contribution in [3.05, 3.63) is 99.8 Å². The van der Waals surface area contributed by atoms with Gasteiger partial charge in [-0.15, -0.1) is 10.2 Å². The van der Waals surface area contributed by atoms with E-state index in [1.54, 1.807) is 30.0 Å². The van der Waals surface area contributed by atoms with Crippen LogP contribution in [-0.4, -0.2) is 20.8 Å². The molecule has 4 rings (SSSR count). The summed E-state index contributed by atoms with van der Waals surface area (Å²) < 4.78 is 1.97. The molecule has 0 radical (unpaired) electrons. The number of benzene rings is 3. The zero-order valence-corrected chi connectivity index (χ0v) is 21.0. The summed E-state index contributed by atoms with van der Waals surface area (Å²) in [7, 11) is 0. The van der Waals surface area contributed by atoms with Crippen LogP contribution in [0.1, 0.15) is 29.9 Å². The summed E-state index contributed by atoms with van der Waals surface area (Å²) in [5.41, 5.74) is 3.62. The van der Waals surface area contributed by atoms with Gasteiger partial charge in [0.1, 0.15) is 0 Å². The molecule has 0 fully saturated rings. The molecule has 9 heteroatoms. The predicted octanol–water partition coefficient (Wildman–Crippen LogP) is 7.06. The number of carbonyl (C=O) groups is 1. The van der Waals surface area contributed by atoms with Crippen LogP contribution in [0, 0.1) is 6.92 Å². The van der Waals surface area contributed by atoms with Gasteiger partial charge in [-0.1, -0.05) is 89.1 Å². The van der Waals surface area contributed by atoms with E-state index in [1.165, 1.54) is 5.56 Å². The van der Waals surface area contributed by atoms with Gasteiger partial charge in [0, 0.05) is 11.4 Å². The summed E-state index contributed by atoms with van der Waals surface area (Å²) in [4.78, 5) is 12.7. The van der Waals surface area contributed by atoms with Crippen molar-refractivity contribution in [2.75, 3.05) is 5.32 Å². The lowest BCUT2D eigenvalue weighted by Gasteiger charge is -2.17. The van der Waals surface area contributed by atoms with Crippen molar-refractivity contribution >= 4 is 46.7 Å². The average Bonchev–Trinajstić information content (AvgIpc) is 3.25. The quantitative estimate of drug-likeness (QED) is 0.260. The van der Waals surface area contributed by atoms with Gasteiger partial charge in [-0.25, -0.2) is 4.79 Å². The molecule has 1 aromatic heterocycles. The Labute approximate surface area is 212 Å². The molecule has 0 aliphatic carbocycles. The summed E-state index contributed by atoms with van der Waals surface area (Å²) in [6.45, 7) is 3.89. The molecule has 2 amide bonds. The van der Waals surface area contributed by atoms with Crippen LogP contribution in [0.25, 0.3) is 5.69 Å². The summed E-state index contributed by atoms with van der Waals surface area (Å²) in [6.07, 6.45) is 0.